The second-order valence-corrected chi connectivity index (χ2v) is 2.11. The van der Waals surface area contributed by atoms with Gasteiger partial charge in [0.15, 0.2) is 11.5 Å². The summed E-state index contributed by atoms with van der Waals surface area (Å²) in [5.41, 5.74) is 6.19. The van der Waals surface area contributed by atoms with E-state index in [2.05, 4.69) is 0 Å². The molecule has 1 aromatic rings. The van der Waals surface area contributed by atoms with Crippen LogP contribution in [0.3, 0.4) is 0 Å². The van der Waals surface area contributed by atoms with Crippen LogP contribution < -0.4 is 15.2 Å². The summed E-state index contributed by atoms with van der Waals surface area (Å²) < 4.78 is 10.2. The standard InChI is InChI=1S/C7H7NO2.C2H6/c8-5-1-2-6-7(3-5)10-4-9-6;1-2/h1-3H,4,8H2;1-2H3. The van der Waals surface area contributed by atoms with Crippen LogP contribution in [0.25, 0.3) is 0 Å². The first-order chi connectivity index (χ1) is 5.86. The van der Waals surface area contributed by atoms with Gasteiger partial charge in [0, 0.05) is 11.8 Å². The molecule has 66 valence electrons. The highest BCUT2D eigenvalue weighted by Gasteiger charge is 2.11. The van der Waals surface area contributed by atoms with Gasteiger partial charge in [0.25, 0.3) is 0 Å². The summed E-state index contributed by atoms with van der Waals surface area (Å²) in [6.45, 7) is 4.30. The van der Waals surface area contributed by atoms with E-state index in [1.807, 2.05) is 13.8 Å². The highest BCUT2D eigenvalue weighted by molar-refractivity contribution is 5.52. The van der Waals surface area contributed by atoms with Crippen LogP contribution in [0, 0.1) is 0 Å². The SMILES string of the molecule is CC.Nc1ccc2c(c1)OCO2. The van der Waals surface area contributed by atoms with Crippen LogP contribution in [0.5, 0.6) is 11.5 Å². The molecule has 12 heavy (non-hydrogen) atoms. The summed E-state index contributed by atoms with van der Waals surface area (Å²) >= 11 is 0. The van der Waals surface area contributed by atoms with Crippen molar-refractivity contribution < 1.29 is 9.47 Å². The van der Waals surface area contributed by atoms with Crippen LogP contribution in [-0.2, 0) is 0 Å². The molecule has 0 aromatic heterocycles. The van der Waals surface area contributed by atoms with Gasteiger partial charge in [0.05, 0.1) is 0 Å². The zero-order chi connectivity index (χ0) is 8.97. The lowest BCUT2D eigenvalue weighted by molar-refractivity contribution is 0.174. The smallest absolute Gasteiger partial charge is 0.231 e. The first-order valence-electron chi connectivity index (χ1n) is 4.01. The number of nitrogens with two attached hydrogens (primary N) is 1. The second-order valence-electron chi connectivity index (χ2n) is 2.11. The van der Waals surface area contributed by atoms with E-state index in [4.69, 9.17) is 15.2 Å². The molecule has 2 rings (SSSR count). The zero-order valence-corrected chi connectivity index (χ0v) is 7.33. The van der Waals surface area contributed by atoms with Crippen molar-refractivity contribution in [1.82, 2.24) is 0 Å². The average molecular weight is 167 g/mol. The second kappa shape index (κ2) is 3.85. The lowest BCUT2D eigenvalue weighted by Crippen LogP contribution is -1.92. The predicted octanol–water partition coefficient (Wildman–Crippen LogP) is 2.02. The van der Waals surface area contributed by atoms with Crippen molar-refractivity contribution in [3.05, 3.63) is 18.2 Å². The van der Waals surface area contributed by atoms with E-state index >= 15 is 0 Å². The molecule has 0 fully saturated rings. The molecule has 2 N–H and O–H groups in total. The van der Waals surface area contributed by atoms with E-state index in [1.165, 1.54) is 0 Å². The van der Waals surface area contributed by atoms with Gasteiger partial charge < -0.3 is 15.2 Å². The van der Waals surface area contributed by atoms with Gasteiger partial charge in [0.2, 0.25) is 6.79 Å². The summed E-state index contributed by atoms with van der Waals surface area (Å²) in [7, 11) is 0. The summed E-state index contributed by atoms with van der Waals surface area (Å²) in [5, 5.41) is 0. The first kappa shape index (κ1) is 8.71. The van der Waals surface area contributed by atoms with Gasteiger partial charge in [-0.25, -0.2) is 0 Å². The maximum Gasteiger partial charge on any atom is 0.231 e. The zero-order valence-electron chi connectivity index (χ0n) is 7.33. The van der Waals surface area contributed by atoms with Gasteiger partial charge >= 0.3 is 0 Å². The predicted molar refractivity (Wildman–Crippen MR) is 48.3 cm³/mol. The molecule has 1 aliphatic heterocycles. The molecule has 0 aliphatic carbocycles. The van der Waals surface area contributed by atoms with E-state index in [0.29, 0.717) is 12.5 Å². The van der Waals surface area contributed by atoms with Crippen LogP contribution in [0.15, 0.2) is 18.2 Å². The van der Waals surface area contributed by atoms with E-state index in [-0.39, 0.29) is 0 Å². The summed E-state index contributed by atoms with van der Waals surface area (Å²) in [5.74, 6) is 1.51. The average Bonchev–Trinajstić information content (AvgIpc) is 2.54. The normalized spacial score (nSPS) is 11.8. The monoisotopic (exact) mass is 167 g/mol. The van der Waals surface area contributed by atoms with Crippen molar-refractivity contribution in [1.29, 1.82) is 0 Å². The first-order valence-corrected chi connectivity index (χ1v) is 4.01. The van der Waals surface area contributed by atoms with Gasteiger partial charge in [-0.1, -0.05) is 13.8 Å². The molecule has 0 saturated carbocycles. The maximum atomic E-state index is 5.50. The number of ether oxygens (including phenoxy) is 2. The Labute approximate surface area is 72.1 Å². The third-order valence-electron chi connectivity index (χ3n) is 1.40. The molecular weight excluding hydrogens is 154 g/mol. The summed E-state index contributed by atoms with van der Waals surface area (Å²) in [6.07, 6.45) is 0. The molecule has 0 bridgehead atoms. The molecule has 1 heterocycles. The Balaban J connectivity index is 0.000000336. The van der Waals surface area contributed by atoms with Crippen LogP contribution in [0.2, 0.25) is 0 Å². The van der Waals surface area contributed by atoms with Gasteiger partial charge in [-0.2, -0.15) is 0 Å². The number of nitrogen functional groups attached to an aromatic ring is 1. The Kier molecular flexibility index (Phi) is 2.80. The summed E-state index contributed by atoms with van der Waals surface area (Å²) in [4.78, 5) is 0. The fourth-order valence-corrected chi connectivity index (χ4v) is 0.913. The van der Waals surface area contributed by atoms with Crippen molar-refractivity contribution in [2.24, 2.45) is 0 Å². The Hall–Kier alpha value is -1.38. The van der Waals surface area contributed by atoms with E-state index in [0.717, 1.165) is 11.5 Å². The molecule has 0 radical (unpaired) electrons. The summed E-state index contributed by atoms with van der Waals surface area (Å²) in [6, 6.07) is 5.34. The molecule has 1 aliphatic rings. The van der Waals surface area contributed by atoms with E-state index in [9.17, 15) is 0 Å². The molecule has 0 saturated heterocycles. The quantitative estimate of drug-likeness (QED) is 0.601. The molecule has 3 heteroatoms. The van der Waals surface area contributed by atoms with Crippen molar-refractivity contribution in [2.75, 3.05) is 12.5 Å². The molecule has 0 amide bonds. The van der Waals surface area contributed by atoms with Crippen LogP contribution in [0.4, 0.5) is 5.69 Å². The molecule has 0 unspecified atom stereocenters. The van der Waals surface area contributed by atoms with E-state index < -0.39 is 0 Å². The third kappa shape index (κ3) is 1.61. The van der Waals surface area contributed by atoms with Crippen molar-refractivity contribution in [3.8, 4) is 11.5 Å². The molecule has 0 atom stereocenters. The minimum absolute atomic E-state index is 0.304. The van der Waals surface area contributed by atoms with Crippen molar-refractivity contribution in [2.45, 2.75) is 13.8 Å². The largest absolute Gasteiger partial charge is 0.454 e. The number of benzene rings is 1. The highest BCUT2D eigenvalue weighted by atomic mass is 16.7. The van der Waals surface area contributed by atoms with Crippen LogP contribution >= 0.6 is 0 Å². The lowest BCUT2D eigenvalue weighted by atomic mass is 10.3. The fourth-order valence-electron chi connectivity index (χ4n) is 0.913. The Bertz CT molecular complexity index is 261. The van der Waals surface area contributed by atoms with Gasteiger partial charge in [0.1, 0.15) is 0 Å². The minimum atomic E-state index is 0.304. The Morgan fingerprint density at radius 3 is 2.58 bits per heavy atom. The molecular formula is C9H13NO2. The van der Waals surface area contributed by atoms with Crippen LogP contribution in [-0.4, -0.2) is 6.79 Å². The van der Waals surface area contributed by atoms with Crippen molar-refractivity contribution in [3.63, 3.8) is 0 Å². The highest BCUT2D eigenvalue weighted by Crippen LogP contribution is 2.32. The number of hydrogen-bond donors (Lipinski definition) is 1. The lowest BCUT2D eigenvalue weighted by Gasteiger charge is -1.94. The van der Waals surface area contributed by atoms with E-state index in [1.54, 1.807) is 18.2 Å². The van der Waals surface area contributed by atoms with Gasteiger partial charge in [-0.15, -0.1) is 0 Å². The molecule has 1 aromatic carbocycles. The molecule has 3 nitrogen and oxygen atoms in total. The number of fused-ring (bicyclic) bond motifs is 1. The number of anilines is 1. The fraction of sp³-hybridized carbons (Fsp3) is 0.333. The third-order valence-corrected chi connectivity index (χ3v) is 1.40. The topological polar surface area (TPSA) is 44.5 Å². The Morgan fingerprint density at radius 1 is 1.17 bits per heavy atom. The van der Waals surface area contributed by atoms with Gasteiger partial charge in [-0.05, 0) is 12.1 Å². The maximum absolute atomic E-state index is 5.50. The van der Waals surface area contributed by atoms with Gasteiger partial charge in [-0.3, -0.25) is 0 Å². The number of hydrogen-bond acceptors (Lipinski definition) is 3. The molecule has 0 spiro atoms. The number of rotatable bonds is 0. The van der Waals surface area contributed by atoms with Crippen molar-refractivity contribution >= 4 is 5.69 Å². The Morgan fingerprint density at radius 2 is 1.83 bits per heavy atom. The van der Waals surface area contributed by atoms with Crippen LogP contribution in [0.1, 0.15) is 13.8 Å². The minimum Gasteiger partial charge on any atom is -0.454 e.